The van der Waals surface area contributed by atoms with E-state index in [9.17, 15) is 17.6 Å². The molecule has 0 atom stereocenters. The lowest BCUT2D eigenvalue weighted by atomic mass is 10.1. The highest BCUT2D eigenvalue weighted by Gasteiger charge is 2.31. The Hall–Kier alpha value is -3.02. The van der Waals surface area contributed by atoms with Gasteiger partial charge in [-0.2, -0.15) is 13.5 Å². The van der Waals surface area contributed by atoms with Crippen LogP contribution in [0, 0.1) is 19.7 Å². The van der Waals surface area contributed by atoms with Gasteiger partial charge < -0.3 is 5.32 Å². The summed E-state index contributed by atoms with van der Waals surface area (Å²) in [7, 11) is -1.04. The third-order valence-corrected chi connectivity index (χ3v) is 7.93. The molecule has 8 nitrogen and oxygen atoms in total. The largest absolute Gasteiger partial charge is 0.345 e. The SMILES string of the molecule is Cc1nn(C)c(C)c1-c1ccc(C2=NS(=O)(=O)N(C)C(C(=O)Nc3ccc(F)c(Cl)c3)=C2)s1. The van der Waals surface area contributed by atoms with Gasteiger partial charge in [0, 0.05) is 35.9 Å². The summed E-state index contributed by atoms with van der Waals surface area (Å²) in [4.78, 5) is 14.4. The zero-order valence-electron chi connectivity index (χ0n) is 18.1. The molecular formula is C21H19ClFN5O3S2. The summed E-state index contributed by atoms with van der Waals surface area (Å²) in [5.41, 5.74) is 3.04. The van der Waals surface area contributed by atoms with E-state index in [4.69, 9.17) is 11.6 Å². The molecule has 4 rings (SSSR count). The van der Waals surface area contributed by atoms with E-state index in [1.54, 1.807) is 10.7 Å². The maximum atomic E-state index is 13.4. The number of hydrogen-bond donors (Lipinski definition) is 1. The summed E-state index contributed by atoms with van der Waals surface area (Å²) < 4.78 is 45.2. The van der Waals surface area contributed by atoms with Gasteiger partial charge >= 0.3 is 10.2 Å². The molecule has 0 unspecified atom stereocenters. The summed E-state index contributed by atoms with van der Waals surface area (Å²) in [5, 5.41) is 6.80. The van der Waals surface area contributed by atoms with Crippen LogP contribution < -0.4 is 5.32 Å². The molecule has 2 aromatic heterocycles. The Morgan fingerprint density at radius 3 is 2.48 bits per heavy atom. The lowest BCUT2D eigenvalue weighted by Crippen LogP contribution is -2.35. The van der Waals surface area contributed by atoms with Crippen molar-refractivity contribution in [3.05, 3.63) is 69.2 Å². The van der Waals surface area contributed by atoms with Crippen LogP contribution in [-0.4, -0.2) is 41.2 Å². The summed E-state index contributed by atoms with van der Waals surface area (Å²) in [6.07, 6.45) is 1.40. The number of thiophene rings is 1. The van der Waals surface area contributed by atoms with Crippen LogP contribution in [0.5, 0.6) is 0 Å². The Labute approximate surface area is 199 Å². The molecule has 3 aromatic rings. The second-order valence-corrected chi connectivity index (χ2v) is 10.5. The summed E-state index contributed by atoms with van der Waals surface area (Å²) in [5.74, 6) is -1.33. The van der Waals surface area contributed by atoms with Crippen LogP contribution in [-0.2, 0) is 22.1 Å². The maximum absolute atomic E-state index is 13.4. The molecule has 1 amide bonds. The molecule has 1 aliphatic rings. The van der Waals surface area contributed by atoms with Gasteiger partial charge in [0.2, 0.25) is 0 Å². The van der Waals surface area contributed by atoms with Crippen molar-refractivity contribution in [1.29, 1.82) is 0 Å². The highest BCUT2D eigenvalue weighted by atomic mass is 35.5. The Kier molecular flexibility index (Phi) is 5.89. The molecule has 0 bridgehead atoms. The maximum Gasteiger partial charge on any atom is 0.345 e. The number of nitrogens with one attached hydrogen (secondary N) is 1. The molecule has 1 N–H and O–H groups in total. The number of allylic oxidation sites excluding steroid dienone is 1. The van der Waals surface area contributed by atoms with Crippen molar-refractivity contribution < 1.29 is 17.6 Å². The number of likely N-dealkylation sites (N-methyl/N-ethyl adjacent to an activating group) is 1. The normalized spacial score (nSPS) is 15.3. The van der Waals surface area contributed by atoms with E-state index in [1.807, 2.05) is 27.0 Å². The number of carbonyl (C=O) groups excluding carboxylic acids is 1. The minimum absolute atomic E-state index is 0.135. The predicted octanol–water partition coefficient (Wildman–Crippen LogP) is 4.06. The van der Waals surface area contributed by atoms with Crippen LogP contribution in [0.2, 0.25) is 5.02 Å². The monoisotopic (exact) mass is 507 g/mol. The van der Waals surface area contributed by atoms with Crippen LogP contribution >= 0.6 is 22.9 Å². The topological polar surface area (TPSA) is 96.7 Å². The molecular weight excluding hydrogens is 489 g/mol. The van der Waals surface area contributed by atoms with E-state index in [0.717, 1.165) is 32.2 Å². The average Bonchev–Trinajstić information content (AvgIpc) is 3.31. The van der Waals surface area contributed by atoms with Crippen LogP contribution in [0.15, 0.2) is 46.5 Å². The van der Waals surface area contributed by atoms with E-state index < -0.39 is 21.9 Å². The number of rotatable bonds is 4. The first-order valence-electron chi connectivity index (χ1n) is 9.65. The Morgan fingerprint density at radius 2 is 1.85 bits per heavy atom. The number of aromatic nitrogens is 2. The van der Waals surface area contributed by atoms with E-state index in [1.165, 1.54) is 36.6 Å². The first kappa shape index (κ1) is 23.1. The van der Waals surface area contributed by atoms with Gasteiger partial charge in [-0.25, -0.2) is 8.70 Å². The number of halogens is 2. The van der Waals surface area contributed by atoms with Crippen molar-refractivity contribution >= 4 is 50.5 Å². The van der Waals surface area contributed by atoms with Crippen molar-refractivity contribution in [2.45, 2.75) is 13.8 Å². The first-order valence-corrected chi connectivity index (χ1v) is 12.2. The summed E-state index contributed by atoms with van der Waals surface area (Å²) >= 11 is 7.12. The van der Waals surface area contributed by atoms with Gasteiger partial charge in [-0.05, 0) is 50.3 Å². The molecule has 0 aliphatic carbocycles. The van der Waals surface area contributed by atoms with Gasteiger partial charge in [0.15, 0.2) is 0 Å². The Balaban J connectivity index is 1.69. The second-order valence-electron chi connectivity index (χ2n) is 7.37. The molecule has 0 radical (unpaired) electrons. The number of carbonyl (C=O) groups is 1. The fourth-order valence-corrected chi connectivity index (χ4v) is 5.65. The zero-order chi connectivity index (χ0) is 24.1. The van der Waals surface area contributed by atoms with E-state index in [-0.39, 0.29) is 22.1 Å². The number of aryl methyl sites for hydroxylation is 2. The van der Waals surface area contributed by atoms with Crippen molar-refractivity contribution in [1.82, 2.24) is 14.1 Å². The smallest absolute Gasteiger partial charge is 0.321 e. The molecule has 0 saturated carbocycles. The number of benzene rings is 1. The minimum Gasteiger partial charge on any atom is -0.321 e. The van der Waals surface area contributed by atoms with Crippen molar-refractivity contribution in [3.8, 4) is 10.4 Å². The highest BCUT2D eigenvalue weighted by molar-refractivity contribution is 7.88. The fourth-order valence-electron chi connectivity index (χ4n) is 3.39. The molecule has 33 heavy (non-hydrogen) atoms. The molecule has 172 valence electrons. The standard InChI is InChI=1S/C21H19ClFN5O3S2/c1-11-20(12(2)27(3)25-11)19-8-7-18(32-19)16-10-17(28(4)33(30,31)26-16)21(29)24-13-5-6-15(23)14(22)9-13/h5-10H,1-4H3,(H,24,29). The Bertz CT molecular complexity index is 1460. The van der Waals surface area contributed by atoms with E-state index >= 15 is 0 Å². The lowest BCUT2D eigenvalue weighted by molar-refractivity contribution is -0.113. The van der Waals surface area contributed by atoms with Crippen molar-refractivity contribution in [2.24, 2.45) is 11.4 Å². The first-order chi connectivity index (χ1) is 15.5. The molecule has 1 aliphatic heterocycles. The van der Waals surface area contributed by atoms with Crippen LogP contribution in [0.1, 0.15) is 16.3 Å². The zero-order valence-corrected chi connectivity index (χ0v) is 20.4. The van der Waals surface area contributed by atoms with Gasteiger partial charge in [0.05, 0.1) is 21.3 Å². The Morgan fingerprint density at radius 1 is 1.15 bits per heavy atom. The van der Waals surface area contributed by atoms with Crippen LogP contribution in [0.4, 0.5) is 10.1 Å². The van der Waals surface area contributed by atoms with Gasteiger partial charge in [0.1, 0.15) is 11.5 Å². The van der Waals surface area contributed by atoms with Gasteiger partial charge in [-0.3, -0.25) is 9.48 Å². The molecule has 12 heteroatoms. The van der Waals surface area contributed by atoms with E-state index in [0.29, 0.717) is 4.88 Å². The van der Waals surface area contributed by atoms with Gasteiger partial charge in [0.25, 0.3) is 5.91 Å². The average molecular weight is 508 g/mol. The number of hydrogen-bond acceptors (Lipinski definition) is 5. The predicted molar refractivity (Wildman–Crippen MR) is 127 cm³/mol. The molecule has 3 heterocycles. The van der Waals surface area contributed by atoms with Crippen molar-refractivity contribution in [2.75, 3.05) is 12.4 Å². The van der Waals surface area contributed by atoms with Crippen LogP contribution in [0.25, 0.3) is 10.4 Å². The molecule has 1 aromatic carbocycles. The fraction of sp³-hybridized carbons (Fsp3) is 0.190. The second kappa shape index (κ2) is 8.40. The molecule has 0 spiro atoms. The molecule has 0 fully saturated rings. The van der Waals surface area contributed by atoms with Crippen LogP contribution in [0.3, 0.4) is 0 Å². The number of anilines is 1. The third kappa shape index (κ3) is 4.31. The lowest BCUT2D eigenvalue weighted by Gasteiger charge is -2.23. The van der Waals surface area contributed by atoms with Gasteiger partial charge in [-0.1, -0.05) is 11.6 Å². The minimum atomic E-state index is -4.13. The number of amides is 1. The van der Waals surface area contributed by atoms with E-state index in [2.05, 4.69) is 14.8 Å². The summed E-state index contributed by atoms with van der Waals surface area (Å²) in [6.45, 7) is 3.86. The summed E-state index contributed by atoms with van der Waals surface area (Å²) in [6, 6.07) is 7.31. The van der Waals surface area contributed by atoms with Gasteiger partial charge in [-0.15, -0.1) is 15.7 Å². The quantitative estimate of drug-likeness (QED) is 0.576. The third-order valence-electron chi connectivity index (χ3n) is 5.20. The van der Waals surface area contributed by atoms with Crippen molar-refractivity contribution in [3.63, 3.8) is 0 Å². The highest BCUT2D eigenvalue weighted by Crippen LogP contribution is 2.34. The molecule has 0 saturated heterocycles. The number of nitrogens with zero attached hydrogens (tertiary/aromatic N) is 4.